The summed E-state index contributed by atoms with van der Waals surface area (Å²) in [4.78, 5) is 11.5. The number of hydrogen-bond acceptors (Lipinski definition) is 2. The Morgan fingerprint density at radius 2 is 2.36 bits per heavy atom. The lowest BCUT2D eigenvalue weighted by Crippen LogP contribution is -2.22. The summed E-state index contributed by atoms with van der Waals surface area (Å²) in [5, 5.41) is 8.63. The van der Waals surface area contributed by atoms with Crippen LogP contribution in [0.2, 0.25) is 0 Å². The number of alkyl halides is 2. The fourth-order valence-electron chi connectivity index (χ4n) is 1.83. The molecule has 0 aliphatic heterocycles. The van der Waals surface area contributed by atoms with Crippen molar-refractivity contribution in [2.45, 2.75) is 38.5 Å². The van der Waals surface area contributed by atoms with Gasteiger partial charge in [-0.15, -0.1) is 0 Å². The number of halogens is 2. The summed E-state index contributed by atoms with van der Waals surface area (Å²) in [5.74, 6) is -4.30. The van der Waals surface area contributed by atoms with Gasteiger partial charge in [0.2, 0.25) is 5.92 Å². The second-order valence-corrected chi connectivity index (χ2v) is 3.79. The first-order chi connectivity index (χ1) is 6.50. The number of hydrogen-bond donors (Lipinski definition) is 0. The second-order valence-electron chi connectivity index (χ2n) is 3.79. The van der Waals surface area contributed by atoms with E-state index in [1.165, 1.54) is 0 Å². The van der Waals surface area contributed by atoms with Crippen LogP contribution in [0.1, 0.15) is 32.6 Å². The highest BCUT2D eigenvalue weighted by molar-refractivity contribution is 5.85. The Morgan fingerprint density at radius 1 is 1.71 bits per heavy atom. The van der Waals surface area contributed by atoms with Crippen molar-refractivity contribution in [3.05, 3.63) is 0 Å². The van der Waals surface area contributed by atoms with E-state index in [0.717, 1.165) is 0 Å². The molecule has 0 N–H and O–H groups in total. The minimum absolute atomic E-state index is 0.217. The first-order valence-electron chi connectivity index (χ1n) is 4.81. The maximum atomic E-state index is 12.8. The highest BCUT2D eigenvalue weighted by atomic mass is 19.3. The van der Waals surface area contributed by atoms with Gasteiger partial charge in [-0.3, -0.25) is 4.79 Å². The third-order valence-corrected chi connectivity index (χ3v) is 2.71. The molecule has 78 valence electrons. The van der Waals surface area contributed by atoms with Crippen molar-refractivity contribution in [3.8, 4) is 6.07 Å². The number of nitriles is 1. The number of rotatable bonds is 3. The smallest absolute Gasteiger partial charge is 0.248 e. The predicted octanol–water partition coefficient (Wildman–Crippen LogP) is 2.54. The van der Waals surface area contributed by atoms with Crippen molar-refractivity contribution in [3.63, 3.8) is 0 Å². The highest BCUT2D eigenvalue weighted by Gasteiger charge is 2.43. The summed E-state index contributed by atoms with van der Waals surface area (Å²) in [5.41, 5.74) is 0. The van der Waals surface area contributed by atoms with Gasteiger partial charge in [0.05, 0.1) is 6.07 Å². The fraction of sp³-hybridized carbons (Fsp3) is 0.800. The van der Waals surface area contributed by atoms with Crippen LogP contribution in [-0.4, -0.2) is 11.7 Å². The molecule has 2 nitrogen and oxygen atoms in total. The van der Waals surface area contributed by atoms with E-state index in [0.29, 0.717) is 6.42 Å². The van der Waals surface area contributed by atoms with Crippen molar-refractivity contribution in [2.75, 3.05) is 0 Å². The van der Waals surface area contributed by atoms with E-state index in [2.05, 4.69) is 0 Å². The maximum Gasteiger partial charge on any atom is 0.248 e. The monoisotopic (exact) mass is 201 g/mol. The van der Waals surface area contributed by atoms with Gasteiger partial charge in [-0.1, -0.05) is 6.92 Å². The summed E-state index contributed by atoms with van der Waals surface area (Å²) in [6.45, 7) is 1.72. The van der Waals surface area contributed by atoms with Gasteiger partial charge in [-0.2, -0.15) is 5.26 Å². The molecule has 1 fully saturated rings. The molecule has 2 atom stereocenters. The third kappa shape index (κ3) is 2.28. The van der Waals surface area contributed by atoms with Gasteiger partial charge < -0.3 is 0 Å². The molecule has 0 radical (unpaired) electrons. The van der Waals surface area contributed by atoms with E-state index < -0.39 is 17.8 Å². The quantitative estimate of drug-likeness (QED) is 0.704. The zero-order valence-corrected chi connectivity index (χ0v) is 8.09. The third-order valence-electron chi connectivity index (χ3n) is 2.71. The normalized spacial score (nSPS) is 26.9. The van der Waals surface area contributed by atoms with E-state index in [1.54, 1.807) is 6.92 Å². The van der Waals surface area contributed by atoms with Crippen LogP contribution in [0.15, 0.2) is 0 Å². The van der Waals surface area contributed by atoms with Crippen LogP contribution < -0.4 is 0 Å². The van der Waals surface area contributed by atoms with Crippen LogP contribution in [0.3, 0.4) is 0 Å². The molecule has 0 aromatic heterocycles. The largest absolute Gasteiger partial charge is 0.298 e. The molecular formula is C10H13F2NO. The van der Waals surface area contributed by atoms with E-state index >= 15 is 0 Å². The van der Waals surface area contributed by atoms with Crippen LogP contribution in [0, 0.1) is 23.2 Å². The van der Waals surface area contributed by atoms with Crippen molar-refractivity contribution in [1.29, 1.82) is 5.26 Å². The van der Waals surface area contributed by atoms with E-state index in [-0.39, 0.29) is 25.0 Å². The van der Waals surface area contributed by atoms with Crippen LogP contribution in [0.5, 0.6) is 0 Å². The van der Waals surface area contributed by atoms with Gasteiger partial charge in [0.15, 0.2) is 5.78 Å². The minimum atomic E-state index is -2.70. The Balaban J connectivity index is 2.60. The van der Waals surface area contributed by atoms with Crippen LogP contribution >= 0.6 is 0 Å². The van der Waals surface area contributed by atoms with E-state index in [1.807, 2.05) is 6.07 Å². The standard InChI is InChI=1S/C10H13F2NO/c1-2-7(6-13)9(14)8-3-4-10(11,12)5-8/h7-8H,2-5H2,1H3. The Bertz CT molecular complexity index is 270. The average Bonchev–Trinajstić information content (AvgIpc) is 2.48. The van der Waals surface area contributed by atoms with Gasteiger partial charge in [-0.05, 0) is 12.8 Å². The number of carbonyl (C=O) groups excluding carboxylic acids is 1. The molecule has 1 aliphatic carbocycles. The average molecular weight is 201 g/mol. The van der Waals surface area contributed by atoms with Gasteiger partial charge in [0, 0.05) is 18.8 Å². The number of ketones is 1. The number of carbonyl (C=O) groups is 1. The van der Waals surface area contributed by atoms with Crippen molar-refractivity contribution < 1.29 is 13.6 Å². The zero-order valence-electron chi connectivity index (χ0n) is 8.09. The van der Waals surface area contributed by atoms with Crippen molar-refractivity contribution in [2.24, 2.45) is 11.8 Å². The highest BCUT2D eigenvalue weighted by Crippen LogP contribution is 2.40. The van der Waals surface area contributed by atoms with Crippen molar-refractivity contribution in [1.82, 2.24) is 0 Å². The SMILES string of the molecule is CCC(C#N)C(=O)C1CCC(F)(F)C1. The first-order valence-corrected chi connectivity index (χ1v) is 4.81. The molecule has 4 heteroatoms. The molecule has 0 aromatic carbocycles. The lowest BCUT2D eigenvalue weighted by atomic mass is 9.91. The number of Topliss-reactive ketones (excluding diaryl/α,β-unsaturated/α-hetero) is 1. The molecule has 0 spiro atoms. The Morgan fingerprint density at radius 3 is 2.71 bits per heavy atom. The van der Waals surface area contributed by atoms with Crippen LogP contribution in [-0.2, 0) is 4.79 Å². The van der Waals surface area contributed by atoms with Crippen molar-refractivity contribution >= 4 is 5.78 Å². The summed E-state index contributed by atoms with van der Waals surface area (Å²) in [6.07, 6.45) is 0.0523. The molecule has 0 heterocycles. The molecule has 0 amide bonds. The lowest BCUT2D eigenvalue weighted by Gasteiger charge is -2.11. The molecule has 1 saturated carbocycles. The number of nitrogens with zero attached hydrogens (tertiary/aromatic N) is 1. The second kappa shape index (κ2) is 4.04. The first kappa shape index (κ1) is 11.1. The summed E-state index contributed by atoms with van der Waals surface area (Å²) < 4.78 is 25.6. The van der Waals surface area contributed by atoms with E-state index in [4.69, 9.17) is 5.26 Å². The molecule has 0 aromatic rings. The van der Waals surface area contributed by atoms with Gasteiger partial charge in [0.25, 0.3) is 0 Å². The minimum Gasteiger partial charge on any atom is -0.298 e. The molecule has 0 bridgehead atoms. The molecular weight excluding hydrogens is 188 g/mol. The van der Waals surface area contributed by atoms with Crippen LogP contribution in [0.25, 0.3) is 0 Å². The van der Waals surface area contributed by atoms with Gasteiger partial charge >= 0.3 is 0 Å². The Hall–Kier alpha value is -0.980. The topological polar surface area (TPSA) is 40.9 Å². The molecule has 0 saturated heterocycles. The molecule has 14 heavy (non-hydrogen) atoms. The fourth-order valence-corrected chi connectivity index (χ4v) is 1.83. The van der Waals surface area contributed by atoms with Crippen LogP contribution in [0.4, 0.5) is 8.78 Å². The maximum absolute atomic E-state index is 12.8. The van der Waals surface area contributed by atoms with Gasteiger partial charge in [-0.25, -0.2) is 8.78 Å². The lowest BCUT2D eigenvalue weighted by molar-refractivity contribution is -0.126. The Kier molecular flexibility index (Phi) is 3.20. The Labute approximate surface area is 81.9 Å². The molecule has 1 aliphatic rings. The zero-order chi connectivity index (χ0) is 10.8. The predicted molar refractivity (Wildman–Crippen MR) is 46.7 cm³/mol. The summed E-state index contributed by atoms with van der Waals surface area (Å²) in [7, 11) is 0. The molecule has 2 unspecified atom stereocenters. The van der Waals surface area contributed by atoms with E-state index in [9.17, 15) is 13.6 Å². The summed E-state index contributed by atoms with van der Waals surface area (Å²) >= 11 is 0. The summed E-state index contributed by atoms with van der Waals surface area (Å²) in [6, 6.07) is 1.86. The van der Waals surface area contributed by atoms with Gasteiger partial charge in [0.1, 0.15) is 5.92 Å². The molecule has 1 rings (SSSR count).